The minimum atomic E-state index is -0.242. The Morgan fingerprint density at radius 3 is 2.31 bits per heavy atom. The zero-order valence-electron chi connectivity index (χ0n) is 19.1. The van der Waals surface area contributed by atoms with Gasteiger partial charge in [-0.15, -0.1) is 0 Å². The number of hydrogen-bond acceptors (Lipinski definition) is 5. The molecule has 2 aliphatic rings. The predicted molar refractivity (Wildman–Crippen MR) is 122 cm³/mol. The molecule has 1 amide bonds. The molecule has 1 aromatic rings. The van der Waals surface area contributed by atoms with Gasteiger partial charge in [0.15, 0.2) is 5.96 Å². The molecule has 176 valence electrons. The van der Waals surface area contributed by atoms with Gasteiger partial charge in [0.05, 0.1) is 12.5 Å². The van der Waals surface area contributed by atoms with Crippen molar-refractivity contribution in [1.29, 1.82) is 0 Å². The van der Waals surface area contributed by atoms with Crippen LogP contribution in [0.5, 0.6) is 0 Å². The summed E-state index contributed by atoms with van der Waals surface area (Å²) in [6.07, 6.45) is 1.89. The lowest BCUT2D eigenvalue weighted by molar-refractivity contribution is -0.149. The van der Waals surface area contributed by atoms with Gasteiger partial charge in [-0.2, -0.15) is 0 Å². The van der Waals surface area contributed by atoms with Gasteiger partial charge in [0, 0.05) is 65.0 Å². The van der Waals surface area contributed by atoms with Gasteiger partial charge in [0.1, 0.15) is 5.82 Å². The molecule has 9 heteroatoms. The van der Waals surface area contributed by atoms with E-state index >= 15 is 0 Å². The van der Waals surface area contributed by atoms with Crippen molar-refractivity contribution in [1.82, 2.24) is 15.1 Å². The fourth-order valence-corrected chi connectivity index (χ4v) is 4.22. The van der Waals surface area contributed by atoms with Crippen LogP contribution in [0.2, 0.25) is 0 Å². The van der Waals surface area contributed by atoms with E-state index in [1.165, 1.54) is 12.1 Å². The van der Waals surface area contributed by atoms with E-state index in [0.29, 0.717) is 32.7 Å². The fraction of sp³-hybridized carbons (Fsp3) is 0.609. The van der Waals surface area contributed by atoms with Crippen molar-refractivity contribution in [3.63, 3.8) is 0 Å². The molecule has 1 N–H and O–H groups in total. The van der Waals surface area contributed by atoms with Crippen LogP contribution in [0.1, 0.15) is 26.2 Å². The van der Waals surface area contributed by atoms with Crippen LogP contribution in [0.25, 0.3) is 0 Å². The van der Waals surface area contributed by atoms with Crippen molar-refractivity contribution in [2.75, 3.05) is 64.4 Å². The Kier molecular flexibility index (Phi) is 8.70. The lowest BCUT2D eigenvalue weighted by Crippen LogP contribution is -2.50. The van der Waals surface area contributed by atoms with Crippen LogP contribution in [0.15, 0.2) is 29.3 Å². The molecule has 0 radical (unpaired) electrons. The summed E-state index contributed by atoms with van der Waals surface area (Å²) < 4.78 is 18.2. The van der Waals surface area contributed by atoms with Crippen molar-refractivity contribution in [2.24, 2.45) is 10.9 Å². The maximum atomic E-state index is 13.1. The number of hydrogen-bond donors (Lipinski definition) is 1. The number of amides is 1. The molecule has 0 saturated carbocycles. The van der Waals surface area contributed by atoms with Gasteiger partial charge in [-0.25, -0.2) is 4.39 Å². The highest BCUT2D eigenvalue weighted by molar-refractivity contribution is 5.82. The van der Waals surface area contributed by atoms with Crippen LogP contribution < -0.4 is 10.2 Å². The van der Waals surface area contributed by atoms with Crippen molar-refractivity contribution >= 4 is 23.5 Å². The van der Waals surface area contributed by atoms with Crippen LogP contribution in [-0.4, -0.2) is 87.1 Å². The standard InChI is InChI=1S/C23H34FN5O3/c1-3-32-22(31)18-9-12-29(13-10-18)23(25-2)26-11-8-21(30)28-16-14-27(15-17-28)20-6-4-19(24)5-7-20/h4-7,18H,3,8-17H2,1-2H3,(H,25,26). The lowest BCUT2D eigenvalue weighted by Gasteiger charge is -2.36. The lowest BCUT2D eigenvalue weighted by atomic mass is 9.97. The van der Waals surface area contributed by atoms with Crippen molar-refractivity contribution in [3.8, 4) is 0 Å². The Morgan fingerprint density at radius 1 is 1.06 bits per heavy atom. The summed E-state index contributed by atoms with van der Waals surface area (Å²) in [7, 11) is 1.73. The molecule has 2 saturated heterocycles. The summed E-state index contributed by atoms with van der Waals surface area (Å²) in [5.74, 6) is 0.488. The molecule has 3 rings (SSSR count). The monoisotopic (exact) mass is 447 g/mol. The second-order valence-corrected chi connectivity index (χ2v) is 8.08. The average molecular weight is 448 g/mol. The first-order valence-electron chi connectivity index (χ1n) is 11.4. The third-order valence-corrected chi connectivity index (χ3v) is 6.07. The minimum Gasteiger partial charge on any atom is -0.466 e. The number of ether oxygens (including phenoxy) is 1. The number of anilines is 1. The molecular formula is C23H34FN5O3. The van der Waals surface area contributed by atoms with E-state index in [0.717, 1.165) is 50.7 Å². The number of carbonyl (C=O) groups excluding carboxylic acids is 2. The molecular weight excluding hydrogens is 413 g/mol. The third-order valence-electron chi connectivity index (χ3n) is 6.07. The van der Waals surface area contributed by atoms with E-state index in [4.69, 9.17) is 4.74 Å². The van der Waals surface area contributed by atoms with Crippen LogP contribution in [0.3, 0.4) is 0 Å². The van der Waals surface area contributed by atoms with Crippen LogP contribution in [-0.2, 0) is 14.3 Å². The molecule has 1 aromatic carbocycles. The second kappa shape index (κ2) is 11.7. The first-order chi connectivity index (χ1) is 15.5. The summed E-state index contributed by atoms with van der Waals surface area (Å²) in [5, 5.41) is 3.28. The van der Waals surface area contributed by atoms with Gasteiger partial charge < -0.3 is 24.8 Å². The average Bonchev–Trinajstić information content (AvgIpc) is 2.82. The van der Waals surface area contributed by atoms with Gasteiger partial charge >= 0.3 is 5.97 Å². The topological polar surface area (TPSA) is 77.5 Å². The predicted octanol–water partition coefficient (Wildman–Crippen LogP) is 1.71. The third kappa shape index (κ3) is 6.34. The highest BCUT2D eigenvalue weighted by atomic mass is 19.1. The largest absolute Gasteiger partial charge is 0.466 e. The quantitative estimate of drug-likeness (QED) is 0.407. The number of halogens is 1. The first-order valence-corrected chi connectivity index (χ1v) is 11.4. The number of benzene rings is 1. The Balaban J connectivity index is 1.37. The number of nitrogens with one attached hydrogen (secondary N) is 1. The summed E-state index contributed by atoms with van der Waals surface area (Å²) in [4.78, 5) is 35.0. The number of carbonyl (C=O) groups is 2. The molecule has 0 aliphatic carbocycles. The Bertz CT molecular complexity index is 785. The maximum absolute atomic E-state index is 13.1. The van der Waals surface area contributed by atoms with E-state index in [1.54, 1.807) is 19.2 Å². The number of rotatable bonds is 6. The number of aliphatic imine (C=N–C) groups is 1. The smallest absolute Gasteiger partial charge is 0.309 e. The van der Waals surface area contributed by atoms with Gasteiger partial charge in [0.25, 0.3) is 0 Å². The summed E-state index contributed by atoms with van der Waals surface area (Å²) in [6.45, 7) is 7.03. The summed E-state index contributed by atoms with van der Waals surface area (Å²) in [5.41, 5.74) is 0.982. The van der Waals surface area contributed by atoms with Gasteiger partial charge in [-0.3, -0.25) is 14.6 Å². The second-order valence-electron chi connectivity index (χ2n) is 8.08. The molecule has 2 aliphatic heterocycles. The normalized spacial score (nSPS) is 18.0. The molecule has 8 nitrogen and oxygen atoms in total. The molecule has 2 fully saturated rings. The van der Waals surface area contributed by atoms with E-state index in [9.17, 15) is 14.0 Å². The number of esters is 1. The van der Waals surface area contributed by atoms with Crippen LogP contribution >= 0.6 is 0 Å². The Labute approximate surface area is 189 Å². The van der Waals surface area contributed by atoms with Gasteiger partial charge in [-0.05, 0) is 44.0 Å². The Hall–Kier alpha value is -2.84. The molecule has 0 spiro atoms. The SMILES string of the molecule is CCOC(=O)C1CCN(C(=NC)NCCC(=O)N2CCN(c3ccc(F)cc3)CC2)CC1. The maximum Gasteiger partial charge on any atom is 0.309 e. The molecule has 0 atom stereocenters. The van der Waals surface area contributed by atoms with Crippen molar-refractivity contribution in [3.05, 3.63) is 30.1 Å². The van der Waals surface area contributed by atoms with E-state index in [2.05, 4.69) is 20.1 Å². The molecule has 2 heterocycles. The number of guanidine groups is 1. The van der Waals surface area contributed by atoms with Gasteiger partial charge in [0.2, 0.25) is 5.91 Å². The molecule has 0 bridgehead atoms. The van der Waals surface area contributed by atoms with E-state index in [1.807, 2.05) is 11.8 Å². The molecule has 0 unspecified atom stereocenters. The zero-order chi connectivity index (χ0) is 22.9. The number of piperidine rings is 1. The first kappa shape index (κ1) is 23.8. The number of nitrogens with zero attached hydrogens (tertiary/aromatic N) is 4. The molecule has 32 heavy (non-hydrogen) atoms. The van der Waals surface area contributed by atoms with Crippen molar-refractivity contribution in [2.45, 2.75) is 26.2 Å². The Morgan fingerprint density at radius 2 is 1.72 bits per heavy atom. The van der Waals surface area contributed by atoms with Gasteiger partial charge in [-0.1, -0.05) is 0 Å². The summed E-state index contributed by atoms with van der Waals surface area (Å²) >= 11 is 0. The van der Waals surface area contributed by atoms with Crippen LogP contribution in [0, 0.1) is 11.7 Å². The highest BCUT2D eigenvalue weighted by Crippen LogP contribution is 2.19. The van der Waals surface area contributed by atoms with E-state index < -0.39 is 0 Å². The molecule has 0 aromatic heterocycles. The summed E-state index contributed by atoms with van der Waals surface area (Å²) in [6, 6.07) is 6.48. The minimum absolute atomic E-state index is 0.0422. The zero-order valence-corrected chi connectivity index (χ0v) is 19.1. The van der Waals surface area contributed by atoms with E-state index in [-0.39, 0.29) is 23.6 Å². The number of likely N-dealkylation sites (tertiary alicyclic amines) is 1. The highest BCUT2D eigenvalue weighted by Gasteiger charge is 2.27. The number of piperazine rings is 1. The fourth-order valence-electron chi connectivity index (χ4n) is 4.22. The van der Waals surface area contributed by atoms with Crippen LogP contribution in [0.4, 0.5) is 10.1 Å². The van der Waals surface area contributed by atoms with Crippen molar-refractivity contribution < 1.29 is 18.7 Å².